The third kappa shape index (κ3) is 7.34. The Morgan fingerprint density at radius 3 is 2.53 bits per heavy atom. The van der Waals surface area contributed by atoms with Crippen molar-refractivity contribution in [2.45, 2.75) is 34.2 Å². The molecule has 0 aromatic heterocycles. The van der Waals surface area contributed by atoms with Crippen LogP contribution in [-0.2, 0) is 6.54 Å². The van der Waals surface area contributed by atoms with Crippen LogP contribution in [0.15, 0.2) is 24.3 Å². The molecule has 0 saturated carbocycles. The Kier molecular flexibility index (Phi) is 7.11. The lowest BCUT2D eigenvalue weighted by Gasteiger charge is -2.22. The zero-order chi connectivity index (χ0) is 14.3. The lowest BCUT2D eigenvalue weighted by molar-refractivity contribution is 0.272. The van der Waals surface area contributed by atoms with Crippen LogP contribution >= 0.6 is 0 Å². The van der Waals surface area contributed by atoms with Gasteiger partial charge in [-0.25, -0.2) is 0 Å². The molecule has 2 heteroatoms. The van der Waals surface area contributed by atoms with E-state index in [0.29, 0.717) is 5.92 Å². The molecule has 0 aliphatic rings. The predicted octanol–water partition coefficient (Wildman–Crippen LogP) is 3.31. The van der Waals surface area contributed by atoms with Crippen molar-refractivity contribution in [3.8, 4) is 0 Å². The van der Waals surface area contributed by atoms with E-state index in [1.54, 1.807) is 0 Å². The third-order valence-corrected chi connectivity index (χ3v) is 3.20. The van der Waals surface area contributed by atoms with Gasteiger partial charge in [0.25, 0.3) is 0 Å². The highest BCUT2D eigenvalue weighted by atomic mass is 15.1. The van der Waals surface area contributed by atoms with E-state index < -0.39 is 0 Å². The summed E-state index contributed by atoms with van der Waals surface area (Å²) in [5.74, 6) is 1.42. The summed E-state index contributed by atoms with van der Waals surface area (Å²) in [4.78, 5) is 2.41. The Labute approximate surface area is 119 Å². The molecule has 0 amide bonds. The molecule has 1 atom stereocenters. The summed E-state index contributed by atoms with van der Waals surface area (Å²) in [5.41, 5.74) is 2.75. The molecule has 2 nitrogen and oxygen atoms in total. The van der Waals surface area contributed by atoms with Crippen molar-refractivity contribution in [2.24, 2.45) is 11.8 Å². The number of rotatable bonds is 8. The number of benzene rings is 1. The molecule has 1 aromatic rings. The van der Waals surface area contributed by atoms with Crippen molar-refractivity contribution in [1.29, 1.82) is 0 Å². The first-order valence-corrected chi connectivity index (χ1v) is 7.42. The second-order valence-electron chi connectivity index (χ2n) is 6.34. The summed E-state index contributed by atoms with van der Waals surface area (Å²) < 4.78 is 0. The van der Waals surface area contributed by atoms with E-state index in [1.807, 2.05) is 0 Å². The van der Waals surface area contributed by atoms with Gasteiger partial charge in [-0.15, -0.1) is 0 Å². The minimum Gasteiger partial charge on any atom is -0.316 e. The van der Waals surface area contributed by atoms with Crippen molar-refractivity contribution < 1.29 is 0 Å². The van der Waals surface area contributed by atoms with E-state index in [4.69, 9.17) is 0 Å². The van der Waals surface area contributed by atoms with Crippen LogP contribution < -0.4 is 5.32 Å². The van der Waals surface area contributed by atoms with Crippen LogP contribution in [0.4, 0.5) is 0 Å². The Hall–Kier alpha value is -0.860. The van der Waals surface area contributed by atoms with Gasteiger partial charge < -0.3 is 10.2 Å². The van der Waals surface area contributed by atoms with Gasteiger partial charge in [-0.3, -0.25) is 0 Å². The fourth-order valence-electron chi connectivity index (χ4n) is 2.40. The Morgan fingerprint density at radius 1 is 1.16 bits per heavy atom. The molecular formula is C17H30N2. The molecule has 0 fully saturated rings. The zero-order valence-corrected chi connectivity index (χ0v) is 13.2. The van der Waals surface area contributed by atoms with Gasteiger partial charge in [0.2, 0.25) is 0 Å². The van der Waals surface area contributed by atoms with E-state index in [9.17, 15) is 0 Å². The summed E-state index contributed by atoms with van der Waals surface area (Å²) in [7, 11) is 2.21. The molecule has 0 bridgehead atoms. The molecule has 1 unspecified atom stereocenters. The Balaban J connectivity index is 2.28. The average molecular weight is 262 g/mol. The van der Waals surface area contributed by atoms with E-state index in [0.717, 1.165) is 32.1 Å². The second-order valence-corrected chi connectivity index (χ2v) is 6.34. The first-order valence-electron chi connectivity index (χ1n) is 7.42. The van der Waals surface area contributed by atoms with E-state index in [-0.39, 0.29) is 0 Å². The van der Waals surface area contributed by atoms with Crippen LogP contribution in [0, 0.1) is 18.8 Å². The summed E-state index contributed by atoms with van der Waals surface area (Å²) >= 11 is 0. The fourth-order valence-corrected chi connectivity index (χ4v) is 2.40. The van der Waals surface area contributed by atoms with Gasteiger partial charge in [-0.05, 0) is 44.5 Å². The molecule has 0 spiro atoms. The maximum atomic E-state index is 3.54. The monoisotopic (exact) mass is 262 g/mol. The normalized spacial score (nSPS) is 13.2. The van der Waals surface area contributed by atoms with Crippen LogP contribution in [0.25, 0.3) is 0 Å². The van der Waals surface area contributed by atoms with Crippen molar-refractivity contribution >= 4 is 0 Å². The largest absolute Gasteiger partial charge is 0.316 e. The number of aryl methyl sites for hydroxylation is 1. The van der Waals surface area contributed by atoms with Crippen LogP contribution in [0.3, 0.4) is 0 Å². The lowest BCUT2D eigenvalue weighted by Crippen LogP contribution is -2.32. The minimum atomic E-state index is 0.688. The molecular weight excluding hydrogens is 232 g/mol. The van der Waals surface area contributed by atoms with Gasteiger partial charge in [0, 0.05) is 13.1 Å². The van der Waals surface area contributed by atoms with Gasteiger partial charge in [-0.2, -0.15) is 0 Å². The summed E-state index contributed by atoms with van der Waals surface area (Å²) in [6, 6.07) is 8.79. The van der Waals surface area contributed by atoms with E-state index in [2.05, 4.69) is 69.2 Å². The standard InChI is InChI=1S/C17H30N2/c1-14(2)10-18-11-16(4)12-19(5)13-17-8-6-7-15(3)9-17/h6-9,14,16,18H,10-13H2,1-5H3. The smallest absolute Gasteiger partial charge is 0.0230 e. The van der Waals surface area contributed by atoms with Gasteiger partial charge in [-0.1, -0.05) is 50.6 Å². The second kappa shape index (κ2) is 8.34. The van der Waals surface area contributed by atoms with Gasteiger partial charge in [0.05, 0.1) is 0 Å². The number of nitrogens with zero attached hydrogens (tertiary/aromatic N) is 1. The molecule has 1 rings (SSSR count). The maximum absolute atomic E-state index is 3.54. The van der Waals surface area contributed by atoms with Crippen LogP contribution in [0.5, 0.6) is 0 Å². The lowest BCUT2D eigenvalue weighted by atomic mass is 10.1. The molecule has 0 heterocycles. The third-order valence-electron chi connectivity index (χ3n) is 3.20. The summed E-state index contributed by atoms with van der Waals surface area (Å²) in [6.07, 6.45) is 0. The summed E-state index contributed by atoms with van der Waals surface area (Å²) in [5, 5.41) is 3.54. The average Bonchev–Trinajstić information content (AvgIpc) is 2.27. The first kappa shape index (κ1) is 16.2. The van der Waals surface area contributed by atoms with Crippen LogP contribution in [-0.4, -0.2) is 31.6 Å². The molecule has 1 N–H and O–H groups in total. The van der Waals surface area contributed by atoms with Crippen molar-refractivity contribution in [1.82, 2.24) is 10.2 Å². The van der Waals surface area contributed by atoms with Crippen molar-refractivity contribution in [2.75, 3.05) is 26.7 Å². The topological polar surface area (TPSA) is 15.3 Å². The van der Waals surface area contributed by atoms with Crippen LogP contribution in [0.1, 0.15) is 31.9 Å². The van der Waals surface area contributed by atoms with Gasteiger partial charge in [0.15, 0.2) is 0 Å². The van der Waals surface area contributed by atoms with Gasteiger partial charge >= 0.3 is 0 Å². The highest BCUT2D eigenvalue weighted by Gasteiger charge is 2.07. The minimum absolute atomic E-state index is 0.688. The van der Waals surface area contributed by atoms with Crippen LogP contribution in [0.2, 0.25) is 0 Å². The number of nitrogens with one attached hydrogen (secondary N) is 1. The van der Waals surface area contributed by atoms with Crippen molar-refractivity contribution in [3.05, 3.63) is 35.4 Å². The fraction of sp³-hybridized carbons (Fsp3) is 0.647. The summed E-state index contributed by atoms with van der Waals surface area (Å²) in [6.45, 7) is 13.4. The quantitative estimate of drug-likeness (QED) is 0.773. The molecule has 0 radical (unpaired) electrons. The highest BCUT2D eigenvalue weighted by Crippen LogP contribution is 2.08. The molecule has 19 heavy (non-hydrogen) atoms. The SMILES string of the molecule is Cc1cccc(CN(C)CC(C)CNCC(C)C)c1. The maximum Gasteiger partial charge on any atom is 0.0230 e. The predicted molar refractivity (Wildman–Crippen MR) is 84.4 cm³/mol. The number of hydrogen-bond acceptors (Lipinski definition) is 2. The molecule has 108 valence electrons. The zero-order valence-electron chi connectivity index (χ0n) is 13.2. The molecule has 0 aliphatic carbocycles. The van der Waals surface area contributed by atoms with E-state index >= 15 is 0 Å². The molecule has 0 aliphatic heterocycles. The number of hydrogen-bond donors (Lipinski definition) is 1. The van der Waals surface area contributed by atoms with E-state index in [1.165, 1.54) is 11.1 Å². The Morgan fingerprint density at radius 2 is 1.89 bits per heavy atom. The van der Waals surface area contributed by atoms with Crippen molar-refractivity contribution in [3.63, 3.8) is 0 Å². The van der Waals surface area contributed by atoms with Gasteiger partial charge in [0.1, 0.15) is 0 Å². The Bertz CT molecular complexity index is 360. The highest BCUT2D eigenvalue weighted by molar-refractivity contribution is 5.21. The molecule has 0 saturated heterocycles. The molecule has 1 aromatic carbocycles. The first-order chi connectivity index (χ1) is 8.97.